The Bertz CT molecular complexity index is 833. The molecule has 24 heavy (non-hydrogen) atoms. The Kier molecular flexibility index (Phi) is 4.94. The molecular weight excluding hydrogens is 375 g/mol. The topological polar surface area (TPSA) is 81.7 Å². The van der Waals surface area contributed by atoms with E-state index in [4.69, 9.17) is 5.73 Å². The molecule has 0 fully saturated rings. The van der Waals surface area contributed by atoms with Gasteiger partial charge in [-0.25, -0.2) is 9.37 Å². The van der Waals surface area contributed by atoms with Crippen molar-refractivity contribution in [3.05, 3.63) is 40.6 Å². The first kappa shape index (κ1) is 16.6. The summed E-state index contributed by atoms with van der Waals surface area (Å²) in [6, 6.07) is 10.1. The van der Waals surface area contributed by atoms with Crippen molar-refractivity contribution in [2.45, 2.75) is 26.1 Å². The highest BCUT2D eigenvalue weighted by atomic mass is 79.9. The quantitative estimate of drug-likeness (QED) is 0.629. The van der Waals surface area contributed by atoms with E-state index in [0.29, 0.717) is 28.4 Å². The number of hydrogen-bond acceptors (Lipinski definition) is 5. The molecule has 3 N–H and O–H groups in total. The summed E-state index contributed by atoms with van der Waals surface area (Å²) in [4.78, 5) is 12.9. The van der Waals surface area contributed by atoms with Crippen LogP contribution in [0.5, 0.6) is 0 Å². The molecular formula is C16H18BrFN6. The van der Waals surface area contributed by atoms with Gasteiger partial charge in [0.2, 0.25) is 5.95 Å². The lowest BCUT2D eigenvalue weighted by atomic mass is 10.1. The van der Waals surface area contributed by atoms with Crippen molar-refractivity contribution in [2.24, 2.45) is 0 Å². The molecule has 0 bridgehead atoms. The number of alkyl halides is 1. The van der Waals surface area contributed by atoms with Crippen molar-refractivity contribution in [2.75, 3.05) is 17.6 Å². The largest absolute Gasteiger partial charge is 0.382 e. The Balaban J connectivity index is 1.81. The summed E-state index contributed by atoms with van der Waals surface area (Å²) < 4.78 is 15.5. The molecule has 0 radical (unpaired) electrons. The number of nitrogen functional groups attached to an aromatic ring is 1. The fourth-order valence-electron chi connectivity index (χ4n) is 2.45. The van der Waals surface area contributed by atoms with Gasteiger partial charge in [-0.05, 0) is 34.8 Å². The number of aromatic nitrogens is 4. The van der Waals surface area contributed by atoms with Crippen molar-refractivity contribution < 1.29 is 4.39 Å². The maximum Gasteiger partial charge on any atom is 0.226 e. The molecule has 1 atom stereocenters. The lowest BCUT2D eigenvalue weighted by molar-refractivity contribution is 0.321. The van der Waals surface area contributed by atoms with Crippen LogP contribution in [0.2, 0.25) is 0 Å². The number of nitrogens with zero attached hydrogens (tertiary/aromatic N) is 4. The van der Waals surface area contributed by atoms with Gasteiger partial charge in [-0.3, -0.25) is 0 Å². The monoisotopic (exact) mass is 392 g/mol. The molecule has 2 heterocycles. The van der Waals surface area contributed by atoms with E-state index in [1.54, 1.807) is 4.57 Å². The molecule has 1 unspecified atom stereocenters. The first-order chi connectivity index (χ1) is 11.5. The third-order valence-corrected chi connectivity index (χ3v) is 4.15. The van der Waals surface area contributed by atoms with Crippen molar-refractivity contribution in [1.82, 2.24) is 19.5 Å². The average Bonchev–Trinajstić information content (AvgIpc) is 2.85. The molecule has 3 aromatic rings. The van der Waals surface area contributed by atoms with Crippen molar-refractivity contribution in [3.8, 4) is 0 Å². The van der Waals surface area contributed by atoms with E-state index in [0.717, 1.165) is 6.42 Å². The van der Waals surface area contributed by atoms with Gasteiger partial charge in [0, 0.05) is 6.54 Å². The van der Waals surface area contributed by atoms with Gasteiger partial charge in [-0.1, -0.05) is 30.3 Å². The van der Waals surface area contributed by atoms with Gasteiger partial charge in [0.1, 0.15) is 6.17 Å². The van der Waals surface area contributed by atoms with Crippen LogP contribution in [-0.2, 0) is 13.0 Å². The molecule has 2 aromatic heterocycles. The summed E-state index contributed by atoms with van der Waals surface area (Å²) >= 11 is 3.32. The Hall–Kier alpha value is -2.22. The van der Waals surface area contributed by atoms with E-state index >= 15 is 0 Å². The van der Waals surface area contributed by atoms with Crippen molar-refractivity contribution >= 4 is 38.9 Å². The summed E-state index contributed by atoms with van der Waals surface area (Å²) in [5.41, 5.74) is 8.18. The average molecular weight is 393 g/mol. The lowest BCUT2D eigenvalue weighted by Crippen LogP contribution is -2.12. The van der Waals surface area contributed by atoms with E-state index < -0.39 is 6.17 Å². The van der Waals surface area contributed by atoms with Crippen molar-refractivity contribution in [3.63, 3.8) is 0 Å². The SMILES string of the molecule is CC(F)Cn1c(Br)nc2c(N)nc(NCCc3ccccc3)nc21. The first-order valence-electron chi connectivity index (χ1n) is 7.65. The normalized spacial score (nSPS) is 12.5. The van der Waals surface area contributed by atoms with Gasteiger partial charge in [-0.2, -0.15) is 9.97 Å². The van der Waals surface area contributed by atoms with Crippen LogP contribution < -0.4 is 11.1 Å². The highest BCUT2D eigenvalue weighted by Crippen LogP contribution is 2.24. The number of rotatable bonds is 6. The Labute approximate surface area is 147 Å². The number of imidazole rings is 1. The molecule has 0 saturated carbocycles. The maximum atomic E-state index is 13.4. The summed E-state index contributed by atoms with van der Waals surface area (Å²) in [6.07, 6.45) is -0.184. The zero-order valence-electron chi connectivity index (χ0n) is 13.2. The van der Waals surface area contributed by atoms with Gasteiger partial charge in [0.25, 0.3) is 0 Å². The van der Waals surface area contributed by atoms with Gasteiger partial charge in [0.05, 0.1) is 6.54 Å². The van der Waals surface area contributed by atoms with Crippen molar-refractivity contribution in [1.29, 1.82) is 0 Å². The number of fused-ring (bicyclic) bond motifs is 1. The smallest absolute Gasteiger partial charge is 0.226 e. The number of halogens is 2. The second kappa shape index (κ2) is 7.12. The van der Waals surface area contributed by atoms with Gasteiger partial charge >= 0.3 is 0 Å². The zero-order chi connectivity index (χ0) is 17.1. The molecule has 8 heteroatoms. The third kappa shape index (κ3) is 3.64. The van der Waals surface area contributed by atoms with Crippen LogP contribution in [0, 0.1) is 0 Å². The Morgan fingerprint density at radius 2 is 2.00 bits per heavy atom. The van der Waals surface area contributed by atoms with Crippen LogP contribution in [0.1, 0.15) is 12.5 Å². The predicted octanol–water partition coefficient (Wildman–Crippen LogP) is 3.18. The second-order valence-electron chi connectivity index (χ2n) is 5.54. The number of benzene rings is 1. The Morgan fingerprint density at radius 3 is 2.71 bits per heavy atom. The maximum absolute atomic E-state index is 13.4. The fraction of sp³-hybridized carbons (Fsp3) is 0.312. The minimum atomic E-state index is -1.02. The molecule has 0 aliphatic rings. The first-order valence-corrected chi connectivity index (χ1v) is 8.45. The molecule has 0 aliphatic heterocycles. The molecule has 1 aromatic carbocycles. The van der Waals surface area contributed by atoms with Crippen LogP contribution in [0.25, 0.3) is 11.2 Å². The standard InChI is InChI=1S/C16H18BrFN6/c1-10(18)9-24-14-12(21-15(24)17)13(19)22-16(23-14)20-8-7-11-5-3-2-4-6-11/h2-6,10H,7-9H2,1H3,(H3,19,20,22,23). The lowest BCUT2D eigenvalue weighted by Gasteiger charge is -2.09. The summed E-state index contributed by atoms with van der Waals surface area (Å²) in [5, 5.41) is 3.16. The molecule has 0 amide bonds. The molecule has 3 rings (SSSR count). The Morgan fingerprint density at radius 1 is 1.25 bits per heavy atom. The molecule has 0 spiro atoms. The zero-order valence-corrected chi connectivity index (χ0v) is 14.8. The minimum Gasteiger partial charge on any atom is -0.382 e. The van der Waals surface area contributed by atoms with Gasteiger partial charge < -0.3 is 15.6 Å². The van der Waals surface area contributed by atoms with Crippen LogP contribution >= 0.6 is 15.9 Å². The fourth-order valence-corrected chi connectivity index (χ4v) is 2.94. The molecule has 0 aliphatic carbocycles. The van der Waals surface area contributed by atoms with Crippen LogP contribution in [0.3, 0.4) is 0 Å². The van der Waals surface area contributed by atoms with Crippen LogP contribution in [0.15, 0.2) is 35.1 Å². The highest BCUT2D eigenvalue weighted by molar-refractivity contribution is 9.10. The van der Waals surface area contributed by atoms with E-state index in [-0.39, 0.29) is 12.4 Å². The molecule has 6 nitrogen and oxygen atoms in total. The third-order valence-electron chi connectivity index (χ3n) is 3.55. The molecule has 126 valence electrons. The van der Waals surface area contributed by atoms with E-state index in [9.17, 15) is 4.39 Å². The number of hydrogen-bond donors (Lipinski definition) is 2. The van der Waals surface area contributed by atoms with Gasteiger partial charge in [-0.15, -0.1) is 0 Å². The number of nitrogens with two attached hydrogens (primary N) is 1. The second-order valence-corrected chi connectivity index (χ2v) is 6.25. The van der Waals surface area contributed by atoms with Crippen LogP contribution in [-0.4, -0.2) is 32.2 Å². The summed E-state index contributed by atoms with van der Waals surface area (Å²) in [6.45, 7) is 2.31. The van der Waals surface area contributed by atoms with E-state index in [1.165, 1.54) is 12.5 Å². The highest BCUT2D eigenvalue weighted by Gasteiger charge is 2.16. The number of anilines is 2. The summed E-state index contributed by atoms with van der Waals surface area (Å²) in [7, 11) is 0. The van der Waals surface area contributed by atoms with E-state index in [1.807, 2.05) is 18.2 Å². The predicted molar refractivity (Wildman–Crippen MR) is 96.6 cm³/mol. The summed E-state index contributed by atoms with van der Waals surface area (Å²) in [5.74, 6) is 0.685. The van der Waals surface area contributed by atoms with E-state index in [2.05, 4.69) is 48.3 Å². The van der Waals surface area contributed by atoms with Crippen LogP contribution in [0.4, 0.5) is 16.2 Å². The minimum absolute atomic E-state index is 0.150. The van der Waals surface area contributed by atoms with Gasteiger partial charge in [0.15, 0.2) is 21.7 Å². The molecule has 0 saturated heterocycles. The number of nitrogens with one attached hydrogen (secondary N) is 1.